The van der Waals surface area contributed by atoms with Crippen molar-refractivity contribution >= 4 is 17.6 Å². The summed E-state index contributed by atoms with van der Waals surface area (Å²) in [5, 5.41) is 6.51. The third kappa shape index (κ3) is 3.59. The van der Waals surface area contributed by atoms with Crippen LogP contribution >= 0.6 is 0 Å². The summed E-state index contributed by atoms with van der Waals surface area (Å²) in [6, 6.07) is 5.73. The van der Waals surface area contributed by atoms with E-state index in [0.717, 1.165) is 16.8 Å². The Morgan fingerprint density at radius 1 is 1.17 bits per heavy atom. The van der Waals surface area contributed by atoms with Crippen LogP contribution in [0.1, 0.15) is 39.9 Å². The molecule has 6 nitrogen and oxygen atoms in total. The first-order chi connectivity index (χ1) is 10.8. The van der Waals surface area contributed by atoms with E-state index in [1.807, 2.05) is 32.0 Å². The average Bonchev–Trinajstić information content (AvgIpc) is 2.82. The van der Waals surface area contributed by atoms with Gasteiger partial charge in [0.25, 0.3) is 5.91 Å². The Morgan fingerprint density at radius 3 is 2.30 bits per heavy atom. The zero-order valence-corrected chi connectivity index (χ0v) is 13.9. The SMILES string of the molecule is Cc1cccc(C)c1NC(=O)C(C)OC(=O)c1c(C)noc1C. The third-order valence-electron chi connectivity index (χ3n) is 3.62. The van der Waals surface area contributed by atoms with Gasteiger partial charge in [-0.2, -0.15) is 0 Å². The topological polar surface area (TPSA) is 81.4 Å². The van der Waals surface area contributed by atoms with Gasteiger partial charge in [-0.25, -0.2) is 4.79 Å². The van der Waals surface area contributed by atoms with Crippen molar-refractivity contribution in [3.8, 4) is 0 Å². The lowest BCUT2D eigenvalue weighted by Crippen LogP contribution is -2.30. The lowest BCUT2D eigenvalue weighted by molar-refractivity contribution is -0.123. The molecule has 0 saturated carbocycles. The summed E-state index contributed by atoms with van der Waals surface area (Å²) in [5.41, 5.74) is 3.33. The highest BCUT2D eigenvalue weighted by atomic mass is 16.5. The molecule has 0 fully saturated rings. The Balaban J connectivity index is 2.07. The monoisotopic (exact) mass is 316 g/mol. The number of hydrogen-bond acceptors (Lipinski definition) is 5. The molecule has 0 aliphatic rings. The minimum atomic E-state index is -0.935. The van der Waals surface area contributed by atoms with Gasteiger partial charge in [0.05, 0.1) is 5.69 Å². The second-order valence-corrected chi connectivity index (χ2v) is 5.50. The lowest BCUT2D eigenvalue weighted by Gasteiger charge is -2.16. The van der Waals surface area contributed by atoms with E-state index in [2.05, 4.69) is 10.5 Å². The average molecular weight is 316 g/mol. The predicted octanol–water partition coefficient (Wildman–Crippen LogP) is 3.09. The number of para-hydroxylation sites is 1. The Bertz CT molecular complexity index is 709. The van der Waals surface area contributed by atoms with E-state index in [1.54, 1.807) is 13.8 Å². The smallest absolute Gasteiger partial charge is 0.344 e. The molecule has 2 aromatic rings. The van der Waals surface area contributed by atoms with Gasteiger partial charge in [0.15, 0.2) is 6.10 Å². The van der Waals surface area contributed by atoms with E-state index in [0.29, 0.717) is 11.5 Å². The molecule has 1 heterocycles. The number of hydrogen-bond donors (Lipinski definition) is 1. The molecule has 0 bridgehead atoms. The largest absolute Gasteiger partial charge is 0.449 e. The number of anilines is 1. The lowest BCUT2D eigenvalue weighted by atomic mass is 10.1. The van der Waals surface area contributed by atoms with E-state index in [4.69, 9.17) is 9.26 Å². The van der Waals surface area contributed by atoms with Gasteiger partial charge < -0.3 is 14.6 Å². The number of aryl methyl sites for hydroxylation is 4. The number of rotatable bonds is 4. The quantitative estimate of drug-likeness (QED) is 0.877. The zero-order chi connectivity index (χ0) is 17.1. The molecule has 0 saturated heterocycles. The van der Waals surface area contributed by atoms with E-state index in [-0.39, 0.29) is 11.5 Å². The predicted molar refractivity (Wildman–Crippen MR) is 85.4 cm³/mol. The van der Waals surface area contributed by atoms with Crippen LogP contribution in [0.25, 0.3) is 0 Å². The molecular formula is C17H20N2O4. The molecule has 1 aromatic carbocycles. The molecule has 0 radical (unpaired) electrons. The molecule has 0 aliphatic carbocycles. The molecule has 1 unspecified atom stereocenters. The van der Waals surface area contributed by atoms with Crippen LogP contribution in [0.2, 0.25) is 0 Å². The minimum absolute atomic E-state index is 0.261. The Hall–Kier alpha value is -2.63. The number of esters is 1. The fourth-order valence-corrected chi connectivity index (χ4v) is 2.28. The third-order valence-corrected chi connectivity index (χ3v) is 3.62. The second kappa shape index (κ2) is 6.64. The van der Waals surface area contributed by atoms with Gasteiger partial charge >= 0.3 is 5.97 Å². The summed E-state index contributed by atoms with van der Waals surface area (Å²) < 4.78 is 10.2. The highest BCUT2D eigenvalue weighted by Crippen LogP contribution is 2.20. The van der Waals surface area contributed by atoms with Gasteiger partial charge in [-0.1, -0.05) is 23.4 Å². The normalized spacial score (nSPS) is 11.9. The highest BCUT2D eigenvalue weighted by molar-refractivity contribution is 5.98. The molecule has 1 N–H and O–H groups in total. The molecule has 23 heavy (non-hydrogen) atoms. The van der Waals surface area contributed by atoms with Crippen LogP contribution in [0.5, 0.6) is 0 Å². The summed E-state index contributed by atoms with van der Waals surface area (Å²) in [6.07, 6.45) is -0.935. The molecule has 1 amide bonds. The van der Waals surface area contributed by atoms with Crippen LogP contribution < -0.4 is 5.32 Å². The summed E-state index contributed by atoms with van der Waals surface area (Å²) in [4.78, 5) is 24.4. The van der Waals surface area contributed by atoms with Crippen molar-refractivity contribution < 1.29 is 18.8 Å². The van der Waals surface area contributed by atoms with Crippen LogP contribution in [0.15, 0.2) is 22.7 Å². The van der Waals surface area contributed by atoms with Crippen molar-refractivity contribution in [1.82, 2.24) is 5.16 Å². The van der Waals surface area contributed by atoms with Crippen molar-refractivity contribution in [3.63, 3.8) is 0 Å². The Kier molecular flexibility index (Phi) is 4.83. The molecule has 6 heteroatoms. The minimum Gasteiger partial charge on any atom is -0.449 e. The van der Waals surface area contributed by atoms with E-state index in [1.165, 1.54) is 6.92 Å². The van der Waals surface area contributed by atoms with Crippen molar-refractivity contribution in [2.24, 2.45) is 0 Å². The zero-order valence-electron chi connectivity index (χ0n) is 13.9. The molecule has 122 valence electrons. The molecule has 0 spiro atoms. The molecule has 2 rings (SSSR count). The van der Waals surface area contributed by atoms with Gasteiger partial charge in [-0.3, -0.25) is 4.79 Å². The van der Waals surface area contributed by atoms with E-state index in [9.17, 15) is 9.59 Å². The fourth-order valence-electron chi connectivity index (χ4n) is 2.28. The van der Waals surface area contributed by atoms with Gasteiger partial charge in [0, 0.05) is 5.69 Å². The van der Waals surface area contributed by atoms with Crippen molar-refractivity contribution in [3.05, 3.63) is 46.3 Å². The van der Waals surface area contributed by atoms with Crippen molar-refractivity contribution in [2.45, 2.75) is 40.7 Å². The second-order valence-electron chi connectivity index (χ2n) is 5.50. The first kappa shape index (κ1) is 16.7. The molecular weight excluding hydrogens is 296 g/mol. The first-order valence-electron chi connectivity index (χ1n) is 7.32. The number of ether oxygens (including phenoxy) is 1. The molecule has 1 aromatic heterocycles. The van der Waals surface area contributed by atoms with E-state index < -0.39 is 12.1 Å². The summed E-state index contributed by atoms with van der Waals surface area (Å²) in [6.45, 7) is 8.61. The number of amides is 1. The summed E-state index contributed by atoms with van der Waals surface area (Å²) in [7, 11) is 0. The molecule has 1 atom stereocenters. The van der Waals surface area contributed by atoms with Gasteiger partial charge in [-0.15, -0.1) is 0 Å². The van der Waals surface area contributed by atoms with Crippen LogP contribution in [-0.2, 0) is 9.53 Å². The number of carbonyl (C=O) groups is 2. The van der Waals surface area contributed by atoms with Crippen molar-refractivity contribution in [2.75, 3.05) is 5.32 Å². The molecule has 0 aliphatic heterocycles. The van der Waals surface area contributed by atoms with Gasteiger partial charge in [-0.05, 0) is 45.7 Å². The highest BCUT2D eigenvalue weighted by Gasteiger charge is 2.24. The van der Waals surface area contributed by atoms with Crippen molar-refractivity contribution in [1.29, 1.82) is 0 Å². The summed E-state index contributed by atoms with van der Waals surface area (Å²) >= 11 is 0. The maximum absolute atomic E-state index is 12.3. The number of benzene rings is 1. The van der Waals surface area contributed by atoms with Gasteiger partial charge in [0.1, 0.15) is 11.3 Å². The maximum Gasteiger partial charge on any atom is 0.344 e. The van der Waals surface area contributed by atoms with E-state index >= 15 is 0 Å². The van der Waals surface area contributed by atoms with Gasteiger partial charge in [0.2, 0.25) is 0 Å². The fraction of sp³-hybridized carbons (Fsp3) is 0.353. The standard InChI is InChI=1S/C17H20N2O4/c1-9-7-6-8-10(2)15(9)18-16(20)13(5)22-17(21)14-11(3)19-23-12(14)4/h6-8,13H,1-5H3,(H,18,20). The van der Waals surface area contributed by atoms with Crippen LogP contribution in [-0.4, -0.2) is 23.1 Å². The Labute approximate surface area is 134 Å². The van der Waals surface area contributed by atoms with Crippen LogP contribution in [0.4, 0.5) is 5.69 Å². The van der Waals surface area contributed by atoms with Crippen LogP contribution in [0.3, 0.4) is 0 Å². The first-order valence-corrected chi connectivity index (χ1v) is 7.32. The number of nitrogens with one attached hydrogen (secondary N) is 1. The maximum atomic E-state index is 12.3. The van der Waals surface area contributed by atoms with Crippen LogP contribution in [0, 0.1) is 27.7 Å². The number of carbonyl (C=O) groups excluding carboxylic acids is 2. The Morgan fingerprint density at radius 2 is 1.78 bits per heavy atom. The number of aromatic nitrogens is 1. The summed E-state index contributed by atoms with van der Waals surface area (Å²) in [5.74, 6) is -0.636. The number of nitrogens with zero attached hydrogens (tertiary/aromatic N) is 1.